The molecule has 0 aliphatic carbocycles. The van der Waals surface area contributed by atoms with E-state index in [4.69, 9.17) is 4.74 Å². The Bertz CT molecular complexity index is 935. The van der Waals surface area contributed by atoms with E-state index in [9.17, 15) is 13.2 Å². The van der Waals surface area contributed by atoms with Crippen molar-refractivity contribution in [3.63, 3.8) is 0 Å². The van der Waals surface area contributed by atoms with Gasteiger partial charge < -0.3 is 10.1 Å². The fraction of sp³-hybridized carbons (Fsp3) is 0.300. The van der Waals surface area contributed by atoms with Gasteiger partial charge in [-0.25, -0.2) is 13.4 Å². The Hall–Kier alpha value is -2.71. The highest BCUT2D eigenvalue weighted by atomic mass is 32.2. The summed E-state index contributed by atoms with van der Waals surface area (Å²) in [4.78, 5) is 15.9. The van der Waals surface area contributed by atoms with Gasteiger partial charge in [0.25, 0.3) is 0 Å². The maximum absolute atomic E-state index is 12.9. The molecule has 148 valence electrons. The number of benzene rings is 1. The van der Waals surface area contributed by atoms with Crippen molar-refractivity contribution in [2.75, 3.05) is 13.1 Å². The average Bonchev–Trinajstić information content (AvgIpc) is 2.69. The minimum absolute atomic E-state index is 0.208. The number of pyridine rings is 1. The second-order valence-electron chi connectivity index (χ2n) is 6.90. The zero-order valence-corrected chi connectivity index (χ0v) is 16.5. The fourth-order valence-electron chi connectivity index (χ4n) is 3.05. The van der Waals surface area contributed by atoms with Crippen LogP contribution in [0.2, 0.25) is 0 Å². The lowest BCUT2D eigenvalue weighted by Crippen LogP contribution is -2.53. The van der Waals surface area contributed by atoms with Crippen molar-refractivity contribution in [1.82, 2.24) is 14.6 Å². The van der Waals surface area contributed by atoms with Crippen molar-refractivity contribution in [2.45, 2.75) is 30.2 Å². The Balaban J connectivity index is 1.66. The van der Waals surface area contributed by atoms with Crippen molar-refractivity contribution in [2.24, 2.45) is 0 Å². The van der Waals surface area contributed by atoms with Crippen molar-refractivity contribution in [3.05, 3.63) is 61.3 Å². The Morgan fingerprint density at radius 2 is 1.89 bits per heavy atom. The summed E-state index contributed by atoms with van der Waals surface area (Å²) >= 11 is 0. The molecule has 0 radical (unpaired) electrons. The first-order valence-electron chi connectivity index (χ1n) is 8.96. The summed E-state index contributed by atoms with van der Waals surface area (Å²) in [6.45, 7) is 6.04. The van der Waals surface area contributed by atoms with E-state index in [1.165, 1.54) is 22.5 Å². The molecule has 8 heteroatoms. The minimum atomic E-state index is -3.61. The SMILES string of the molecule is C=CC(=O)NC1(C)CCN(S(=O)(=O)c2ccc(Oc3ccccn3)cc2)CC1. The number of ether oxygens (including phenoxy) is 1. The highest BCUT2D eigenvalue weighted by Gasteiger charge is 2.36. The maximum atomic E-state index is 12.9. The van der Waals surface area contributed by atoms with Crippen LogP contribution in [0, 0.1) is 0 Å². The lowest BCUT2D eigenvalue weighted by atomic mass is 9.90. The van der Waals surface area contributed by atoms with Gasteiger partial charge in [-0.1, -0.05) is 12.6 Å². The number of nitrogens with one attached hydrogen (secondary N) is 1. The van der Waals surface area contributed by atoms with Gasteiger partial charge in [-0.2, -0.15) is 4.31 Å². The summed E-state index contributed by atoms with van der Waals surface area (Å²) in [6.07, 6.45) is 3.91. The summed E-state index contributed by atoms with van der Waals surface area (Å²) in [5, 5.41) is 2.89. The molecule has 7 nitrogen and oxygen atoms in total. The summed E-state index contributed by atoms with van der Waals surface area (Å²) in [5.74, 6) is 0.702. The molecule has 0 spiro atoms. The van der Waals surface area contributed by atoms with Crippen molar-refractivity contribution in [3.8, 4) is 11.6 Å². The Kier molecular flexibility index (Phi) is 5.81. The molecule has 0 saturated carbocycles. The number of carbonyl (C=O) groups excluding carboxylic acids is 1. The predicted octanol–water partition coefficient (Wildman–Crippen LogP) is 2.72. The van der Waals surface area contributed by atoms with Crippen LogP contribution in [0.15, 0.2) is 66.2 Å². The standard InChI is InChI=1S/C20H23N3O4S/c1-3-18(24)22-20(2)11-14-23(15-12-20)28(25,26)17-9-7-16(8-10-17)27-19-6-4-5-13-21-19/h3-10,13H,1,11-12,14-15H2,2H3,(H,22,24). The van der Waals surface area contributed by atoms with Gasteiger partial charge in [0, 0.05) is 30.9 Å². The molecule has 0 atom stereocenters. The second-order valence-corrected chi connectivity index (χ2v) is 8.84. The smallest absolute Gasteiger partial charge is 0.243 e. The van der Waals surface area contributed by atoms with Crippen molar-refractivity contribution >= 4 is 15.9 Å². The van der Waals surface area contributed by atoms with Crippen molar-refractivity contribution < 1.29 is 17.9 Å². The molecule has 1 aromatic carbocycles. The van der Waals surface area contributed by atoms with Gasteiger partial charge >= 0.3 is 0 Å². The lowest BCUT2D eigenvalue weighted by Gasteiger charge is -2.39. The van der Waals surface area contributed by atoms with E-state index in [0.29, 0.717) is 37.6 Å². The maximum Gasteiger partial charge on any atom is 0.243 e. The zero-order chi connectivity index (χ0) is 20.2. The normalized spacial score (nSPS) is 16.9. The average molecular weight is 401 g/mol. The first kappa shape index (κ1) is 20.0. The topological polar surface area (TPSA) is 88.6 Å². The van der Waals surface area contributed by atoms with Gasteiger partial charge in [0.15, 0.2) is 0 Å². The van der Waals surface area contributed by atoms with Crippen LogP contribution in [0.1, 0.15) is 19.8 Å². The fourth-order valence-corrected chi connectivity index (χ4v) is 4.49. The Morgan fingerprint density at radius 1 is 1.21 bits per heavy atom. The number of sulfonamides is 1. The number of aromatic nitrogens is 1. The molecule has 1 aromatic heterocycles. The molecule has 3 rings (SSSR count). The summed E-state index contributed by atoms with van der Waals surface area (Å²) in [6, 6.07) is 11.6. The highest BCUT2D eigenvalue weighted by Crippen LogP contribution is 2.28. The van der Waals surface area contributed by atoms with Crippen LogP contribution in [0.4, 0.5) is 0 Å². The van der Waals surface area contributed by atoms with Crippen molar-refractivity contribution in [1.29, 1.82) is 0 Å². The Labute approximate surface area is 165 Å². The van der Waals surface area contributed by atoms with Gasteiger partial charge in [-0.3, -0.25) is 4.79 Å². The van der Waals surface area contributed by atoms with Crippen LogP contribution in [0.5, 0.6) is 11.6 Å². The molecule has 1 aliphatic rings. The highest BCUT2D eigenvalue weighted by molar-refractivity contribution is 7.89. The monoisotopic (exact) mass is 401 g/mol. The zero-order valence-electron chi connectivity index (χ0n) is 15.7. The number of nitrogens with zero attached hydrogens (tertiary/aromatic N) is 2. The van der Waals surface area contributed by atoms with Crippen LogP contribution in [0.3, 0.4) is 0 Å². The summed E-state index contributed by atoms with van der Waals surface area (Å²) in [5.41, 5.74) is -0.433. The van der Waals surface area contributed by atoms with Gasteiger partial charge in [0.2, 0.25) is 21.8 Å². The first-order chi connectivity index (χ1) is 13.3. The molecular weight excluding hydrogens is 378 g/mol. The Morgan fingerprint density at radius 3 is 2.46 bits per heavy atom. The van der Waals surface area contributed by atoms with Crippen LogP contribution >= 0.6 is 0 Å². The van der Waals surface area contributed by atoms with E-state index in [-0.39, 0.29) is 10.8 Å². The van der Waals surface area contributed by atoms with Gasteiger partial charge in [0.05, 0.1) is 4.90 Å². The van der Waals surface area contributed by atoms with Crippen LogP contribution in [0.25, 0.3) is 0 Å². The first-order valence-corrected chi connectivity index (χ1v) is 10.4. The van der Waals surface area contributed by atoms with E-state index >= 15 is 0 Å². The number of carbonyl (C=O) groups is 1. The van der Waals surface area contributed by atoms with E-state index in [0.717, 1.165) is 0 Å². The second kappa shape index (κ2) is 8.12. The van der Waals surface area contributed by atoms with Gasteiger partial charge in [0.1, 0.15) is 5.75 Å². The predicted molar refractivity (Wildman–Crippen MR) is 105 cm³/mol. The third kappa shape index (κ3) is 4.58. The van der Waals surface area contributed by atoms with Crippen LogP contribution in [-0.2, 0) is 14.8 Å². The number of rotatable bonds is 6. The third-order valence-corrected chi connectivity index (χ3v) is 6.67. The molecule has 1 aliphatic heterocycles. The molecule has 0 bridgehead atoms. The molecular formula is C20H23N3O4S. The third-order valence-electron chi connectivity index (χ3n) is 4.76. The van der Waals surface area contributed by atoms with Gasteiger partial charge in [-0.15, -0.1) is 0 Å². The molecule has 1 amide bonds. The summed E-state index contributed by atoms with van der Waals surface area (Å²) < 4.78 is 32.9. The van der Waals surface area contributed by atoms with E-state index in [1.54, 1.807) is 30.5 Å². The largest absolute Gasteiger partial charge is 0.439 e. The summed E-state index contributed by atoms with van der Waals surface area (Å²) in [7, 11) is -3.61. The molecule has 2 aromatic rings. The van der Waals surface area contributed by atoms with Crippen LogP contribution < -0.4 is 10.1 Å². The number of piperidine rings is 1. The molecule has 28 heavy (non-hydrogen) atoms. The molecule has 1 saturated heterocycles. The van der Waals surface area contributed by atoms with Crippen LogP contribution in [-0.4, -0.2) is 42.2 Å². The van der Waals surface area contributed by atoms with E-state index < -0.39 is 15.6 Å². The molecule has 1 N–H and O–H groups in total. The number of amides is 1. The molecule has 0 unspecified atom stereocenters. The number of hydrogen-bond donors (Lipinski definition) is 1. The quantitative estimate of drug-likeness (QED) is 0.752. The molecule has 2 heterocycles. The lowest BCUT2D eigenvalue weighted by molar-refractivity contribution is -0.118. The number of hydrogen-bond acceptors (Lipinski definition) is 5. The van der Waals surface area contributed by atoms with Gasteiger partial charge in [-0.05, 0) is 56.2 Å². The molecule has 1 fully saturated rings. The van der Waals surface area contributed by atoms with E-state index in [2.05, 4.69) is 16.9 Å². The van der Waals surface area contributed by atoms with E-state index in [1.807, 2.05) is 13.0 Å². The minimum Gasteiger partial charge on any atom is -0.439 e.